The van der Waals surface area contributed by atoms with E-state index in [-0.39, 0.29) is 11.6 Å². The molecule has 2 aromatic heterocycles. The molecular formula is C50H37ClF2N4. The molecule has 0 unspecified atom stereocenters. The van der Waals surface area contributed by atoms with Crippen LogP contribution in [-0.4, -0.2) is 9.13 Å². The van der Waals surface area contributed by atoms with Gasteiger partial charge in [-0.2, -0.15) is 10.5 Å². The van der Waals surface area contributed by atoms with Crippen LogP contribution in [-0.2, 0) is 13.1 Å². The lowest BCUT2D eigenvalue weighted by atomic mass is 10.0. The van der Waals surface area contributed by atoms with E-state index in [9.17, 15) is 19.3 Å². The minimum Gasteiger partial charge on any atom is -0.342 e. The van der Waals surface area contributed by atoms with Crippen LogP contribution in [0.25, 0.3) is 45.1 Å². The van der Waals surface area contributed by atoms with Gasteiger partial charge < -0.3 is 9.13 Å². The third-order valence-corrected chi connectivity index (χ3v) is 10.0. The Hall–Kier alpha value is -6.99. The van der Waals surface area contributed by atoms with Gasteiger partial charge in [0, 0.05) is 57.9 Å². The highest BCUT2D eigenvalue weighted by molar-refractivity contribution is 6.31. The molecule has 0 N–H and O–H groups in total. The Morgan fingerprint density at radius 3 is 1.47 bits per heavy atom. The standard InChI is InChI=1S/C25H18ClFN2.C25H19FN2/c1-17-2-6-19(7-3-17)20(14-28)12-21-16-29(15-18-4-9-23(27)10-5-18)25-13-22(26)8-11-24(21)25;1-18-6-10-20(11-7-18)21(15-27)14-22-17-28(25-5-3-2-4-24(22)25)16-19-8-12-23(26)13-9-19/h2-13,16H,15H2,1H3;2-14,17H,16H2,1H3/b20-12+;21-14+. The lowest BCUT2D eigenvalue weighted by Gasteiger charge is -2.06. The molecule has 0 saturated carbocycles. The fraction of sp³-hybridized carbons (Fsp3) is 0.0800. The number of halogens is 3. The molecule has 278 valence electrons. The smallest absolute Gasteiger partial charge is 0.123 e. The first-order chi connectivity index (χ1) is 27.7. The summed E-state index contributed by atoms with van der Waals surface area (Å²) >= 11 is 6.24. The van der Waals surface area contributed by atoms with Crippen molar-refractivity contribution in [2.75, 3.05) is 0 Å². The molecule has 0 aliphatic rings. The molecule has 0 bridgehead atoms. The number of fused-ring (bicyclic) bond motifs is 2. The van der Waals surface area contributed by atoms with Crippen molar-refractivity contribution in [2.24, 2.45) is 0 Å². The molecule has 2 heterocycles. The predicted molar refractivity (Wildman–Crippen MR) is 229 cm³/mol. The molecular weight excluding hydrogens is 730 g/mol. The summed E-state index contributed by atoms with van der Waals surface area (Å²) < 4.78 is 30.7. The highest BCUT2D eigenvalue weighted by Gasteiger charge is 2.12. The van der Waals surface area contributed by atoms with E-state index in [2.05, 4.69) is 39.6 Å². The van der Waals surface area contributed by atoms with Gasteiger partial charge in [-0.15, -0.1) is 0 Å². The highest BCUT2D eigenvalue weighted by Crippen LogP contribution is 2.30. The maximum atomic E-state index is 13.2. The van der Waals surface area contributed by atoms with Gasteiger partial charge in [0.05, 0.1) is 28.8 Å². The van der Waals surface area contributed by atoms with Crippen molar-refractivity contribution >= 4 is 56.7 Å². The van der Waals surface area contributed by atoms with Crippen molar-refractivity contribution in [1.29, 1.82) is 10.5 Å². The molecule has 8 aromatic rings. The van der Waals surface area contributed by atoms with E-state index in [1.54, 1.807) is 24.3 Å². The predicted octanol–water partition coefficient (Wildman–Crippen LogP) is 13.1. The van der Waals surface area contributed by atoms with E-state index in [4.69, 9.17) is 11.6 Å². The van der Waals surface area contributed by atoms with Crippen LogP contribution in [0, 0.1) is 48.1 Å². The van der Waals surface area contributed by atoms with Crippen LogP contribution in [0.15, 0.2) is 152 Å². The van der Waals surface area contributed by atoms with Crippen molar-refractivity contribution < 1.29 is 8.78 Å². The molecule has 4 nitrogen and oxygen atoms in total. The number of hydrogen-bond donors (Lipinski definition) is 0. The SMILES string of the molecule is Cc1ccc(/C(C#N)=C/c2cn(Cc3ccc(F)cc3)c3cc(Cl)ccc23)cc1.Cc1ccc(/C(C#N)=C/c2cn(Cc3ccc(F)cc3)c3ccccc23)cc1. The Kier molecular flexibility index (Phi) is 11.6. The number of benzene rings is 6. The van der Waals surface area contributed by atoms with Gasteiger partial charge in [0.25, 0.3) is 0 Å². The van der Waals surface area contributed by atoms with Crippen molar-refractivity contribution in [3.63, 3.8) is 0 Å². The average molecular weight is 767 g/mol. The molecule has 0 spiro atoms. The first-order valence-corrected chi connectivity index (χ1v) is 18.8. The summed E-state index contributed by atoms with van der Waals surface area (Å²) in [5.41, 5.74) is 11.3. The van der Waals surface area contributed by atoms with Crippen LogP contribution >= 0.6 is 11.6 Å². The van der Waals surface area contributed by atoms with Crippen molar-refractivity contribution in [3.8, 4) is 12.1 Å². The minimum absolute atomic E-state index is 0.235. The topological polar surface area (TPSA) is 57.4 Å². The van der Waals surface area contributed by atoms with Crippen molar-refractivity contribution in [3.05, 3.63) is 213 Å². The fourth-order valence-corrected chi connectivity index (χ4v) is 6.94. The van der Waals surface area contributed by atoms with Gasteiger partial charge >= 0.3 is 0 Å². The van der Waals surface area contributed by atoms with E-state index in [0.29, 0.717) is 29.3 Å². The summed E-state index contributed by atoms with van der Waals surface area (Å²) in [5.74, 6) is -0.490. The first kappa shape index (κ1) is 38.3. The summed E-state index contributed by atoms with van der Waals surface area (Å²) in [7, 11) is 0. The van der Waals surface area contributed by atoms with Gasteiger partial charge in [0.1, 0.15) is 11.6 Å². The van der Waals surface area contributed by atoms with Gasteiger partial charge in [-0.25, -0.2) is 8.78 Å². The Morgan fingerprint density at radius 1 is 0.561 bits per heavy atom. The Labute approximate surface area is 336 Å². The Morgan fingerprint density at radius 2 is 1.00 bits per heavy atom. The first-order valence-electron chi connectivity index (χ1n) is 18.4. The van der Waals surface area contributed by atoms with Crippen molar-refractivity contribution in [2.45, 2.75) is 26.9 Å². The molecule has 57 heavy (non-hydrogen) atoms. The second-order valence-corrected chi connectivity index (χ2v) is 14.4. The summed E-state index contributed by atoms with van der Waals surface area (Å²) in [6, 6.07) is 47.4. The molecule has 0 radical (unpaired) electrons. The maximum absolute atomic E-state index is 13.2. The van der Waals surface area contributed by atoms with E-state index in [1.165, 1.54) is 24.3 Å². The summed E-state index contributed by atoms with van der Waals surface area (Å²) in [6.45, 7) is 5.27. The van der Waals surface area contributed by atoms with Crippen LogP contribution in [0.3, 0.4) is 0 Å². The highest BCUT2D eigenvalue weighted by atomic mass is 35.5. The number of allylic oxidation sites excluding steroid dienone is 2. The van der Waals surface area contributed by atoms with Crippen LogP contribution in [0.4, 0.5) is 8.78 Å². The molecule has 0 atom stereocenters. The van der Waals surface area contributed by atoms with E-state index in [0.717, 1.165) is 66.3 Å². The number of aryl methyl sites for hydroxylation is 2. The van der Waals surface area contributed by atoms with Gasteiger partial charge in [-0.3, -0.25) is 0 Å². The quantitative estimate of drug-likeness (QED) is 0.145. The number of rotatable bonds is 8. The van der Waals surface area contributed by atoms with Crippen LogP contribution < -0.4 is 0 Å². The Bertz CT molecular complexity index is 2830. The van der Waals surface area contributed by atoms with Gasteiger partial charge in [-0.05, 0) is 90.7 Å². The van der Waals surface area contributed by atoms with E-state index < -0.39 is 0 Å². The normalized spacial score (nSPS) is 11.6. The number of aromatic nitrogens is 2. The molecule has 0 fully saturated rings. The number of hydrogen-bond acceptors (Lipinski definition) is 2. The molecule has 7 heteroatoms. The van der Waals surface area contributed by atoms with Crippen LogP contribution in [0.2, 0.25) is 5.02 Å². The fourth-order valence-electron chi connectivity index (χ4n) is 6.77. The van der Waals surface area contributed by atoms with Crippen LogP contribution in [0.1, 0.15) is 44.5 Å². The second kappa shape index (κ2) is 17.2. The average Bonchev–Trinajstić information content (AvgIpc) is 3.74. The largest absolute Gasteiger partial charge is 0.342 e. The third-order valence-electron chi connectivity index (χ3n) is 9.79. The van der Waals surface area contributed by atoms with Gasteiger partial charge in [-0.1, -0.05) is 120 Å². The zero-order valence-corrected chi connectivity index (χ0v) is 32.2. The molecule has 0 aliphatic carbocycles. The van der Waals surface area contributed by atoms with Crippen molar-refractivity contribution in [1.82, 2.24) is 9.13 Å². The molecule has 0 amide bonds. The maximum Gasteiger partial charge on any atom is 0.123 e. The molecule has 0 saturated heterocycles. The van der Waals surface area contributed by atoms with Gasteiger partial charge in [0.15, 0.2) is 0 Å². The number of nitrogens with zero attached hydrogens (tertiary/aromatic N) is 4. The zero-order valence-electron chi connectivity index (χ0n) is 31.4. The minimum atomic E-state index is -0.255. The van der Waals surface area contributed by atoms with E-state index >= 15 is 0 Å². The lowest BCUT2D eigenvalue weighted by Crippen LogP contribution is -1.97. The molecule has 0 aliphatic heterocycles. The second-order valence-electron chi connectivity index (χ2n) is 13.9. The Balaban J connectivity index is 0.000000174. The lowest BCUT2D eigenvalue weighted by molar-refractivity contribution is 0.626. The third kappa shape index (κ3) is 9.11. The number of nitriles is 2. The summed E-state index contributed by atoms with van der Waals surface area (Å²) in [5, 5.41) is 22.1. The van der Waals surface area contributed by atoms with Crippen LogP contribution in [0.5, 0.6) is 0 Å². The molecule has 8 rings (SSSR count). The number of para-hydroxylation sites is 1. The van der Waals surface area contributed by atoms with Gasteiger partial charge in [0.2, 0.25) is 0 Å². The monoisotopic (exact) mass is 766 g/mol. The molecule has 6 aromatic carbocycles. The summed E-state index contributed by atoms with van der Waals surface area (Å²) in [6.07, 6.45) is 7.91. The zero-order chi connectivity index (χ0) is 39.9. The van der Waals surface area contributed by atoms with E-state index in [1.807, 2.05) is 111 Å². The summed E-state index contributed by atoms with van der Waals surface area (Å²) in [4.78, 5) is 0.